The maximum atomic E-state index is 11.4. The molecule has 0 unspecified atom stereocenters. The monoisotopic (exact) mass is 337 g/mol. The molecule has 3 heteroatoms. The van der Waals surface area contributed by atoms with E-state index in [9.17, 15) is 10.1 Å². The van der Waals surface area contributed by atoms with E-state index in [-0.39, 0.29) is 10.6 Å². The van der Waals surface area contributed by atoms with Crippen LogP contribution in [0.4, 0.5) is 5.69 Å². The second kappa shape index (κ2) is 5.53. The van der Waals surface area contributed by atoms with E-state index >= 15 is 0 Å². The molecule has 0 radical (unpaired) electrons. The van der Waals surface area contributed by atoms with Crippen LogP contribution in [0.2, 0.25) is 0 Å². The van der Waals surface area contributed by atoms with Crippen LogP contribution in [0.25, 0.3) is 33.0 Å². The number of nitro groups is 1. The summed E-state index contributed by atoms with van der Waals surface area (Å²) in [4.78, 5) is 11.0. The minimum atomic E-state index is -0.321. The van der Waals surface area contributed by atoms with Gasteiger partial charge in [0.05, 0.1) is 10.5 Å². The minimum Gasteiger partial charge on any atom is -0.258 e. The van der Waals surface area contributed by atoms with Crippen LogP contribution in [0.1, 0.15) is 11.1 Å². The molecule has 0 fully saturated rings. The van der Waals surface area contributed by atoms with Gasteiger partial charge in [-0.25, -0.2) is 0 Å². The minimum absolute atomic E-state index is 0.137. The molecule has 0 spiro atoms. The molecule has 4 aromatic carbocycles. The Balaban J connectivity index is 1.73. The summed E-state index contributed by atoms with van der Waals surface area (Å²) in [7, 11) is 0. The Hall–Kier alpha value is -3.46. The number of nitrogens with zero attached hydrogens (tertiary/aromatic N) is 1. The maximum absolute atomic E-state index is 11.4. The Labute approximate surface area is 150 Å². The lowest BCUT2D eigenvalue weighted by atomic mass is 9.94. The summed E-state index contributed by atoms with van der Waals surface area (Å²) in [5.74, 6) is 0. The largest absolute Gasteiger partial charge is 0.277 e. The molecule has 1 aliphatic rings. The molecule has 0 heterocycles. The zero-order chi connectivity index (χ0) is 17.7. The van der Waals surface area contributed by atoms with Gasteiger partial charge in [0.25, 0.3) is 5.69 Å². The Morgan fingerprint density at radius 2 is 1.54 bits per heavy atom. The molecule has 0 bridgehead atoms. The van der Waals surface area contributed by atoms with Crippen LogP contribution in [0, 0.1) is 10.1 Å². The molecule has 0 saturated heterocycles. The molecular formula is C23H15NO2. The van der Waals surface area contributed by atoms with Gasteiger partial charge in [0, 0.05) is 6.07 Å². The zero-order valence-corrected chi connectivity index (χ0v) is 14.0. The standard InChI is InChI=1S/C23H15NO2/c25-24(26)22-8-4-3-6-19(22)16-11-12-21-17(13-16)9-10-18-14-15-5-1-2-7-20(15)23(18)21/h1-13H,14H2. The van der Waals surface area contributed by atoms with Crippen LogP contribution < -0.4 is 0 Å². The fraction of sp³-hybridized carbons (Fsp3) is 0.0435. The molecule has 1 aliphatic carbocycles. The summed E-state index contributed by atoms with van der Waals surface area (Å²) in [6, 6.07) is 25.9. The quantitative estimate of drug-likeness (QED) is 0.293. The number of hydrogen-bond donors (Lipinski definition) is 0. The molecular weight excluding hydrogens is 322 g/mol. The van der Waals surface area contributed by atoms with E-state index in [0.717, 1.165) is 17.4 Å². The molecule has 0 saturated carbocycles. The normalized spacial score (nSPS) is 12.0. The predicted octanol–water partition coefficient (Wildman–Crippen LogP) is 5.99. The van der Waals surface area contributed by atoms with E-state index in [0.29, 0.717) is 5.56 Å². The first-order valence-corrected chi connectivity index (χ1v) is 8.60. The van der Waals surface area contributed by atoms with Gasteiger partial charge in [0.2, 0.25) is 0 Å². The van der Waals surface area contributed by atoms with Gasteiger partial charge in [-0.1, -0.05) is 60.7 Å². The van der Waals surface area contributed by atoms with E-state index in [1.54, 1.807) is 12.1 Å². The fourth-order valence-electron chi connectivity index (χ4n) is 4.01. The molecule has 0 aliphatic heterocycles. The van der Waals surface area contributed by atoms with Crippen molar-refractivity contribution in [1.29, 1.82) is 0 Å². The predicted molar refractivity (Wildman–Crippen MR) is 104 cm³/mol. The Morgan fingerprint density at radius 3 is 2.38 bits per heavy atom. The summed E-state index contributed by atoms with van der Waals surface area (Å²) < 4.78 is 0. The van der Waals surface area contributed by atoms with E-state index in [1.165, 1.54) is 27.6 Å². The van der Waals surface area contributed by atoms with Gasteiger partial charge < -0.3 is 0 Å². The van der Waals surface area contributed by atoms with E-state index < -0.39 is 0 Å². The molecule has 124 valence electrons. The van der Waals surface area contributed by atoms with Crippen molar-refractivity contribution >= 4 is 16.5 Å². The SMILES string of the molecule is O=[N+]([O-])c1ccccc1-c1ccc2c3c(ccc2c1)Cc1ccccc1-3. The summed E-state index contributed by atoms with van der Waals surface area (Å²) in [5.41, 5.74) is 6.96. The van der Waals surface area contributed by atoms with Crippen LogP contribution >= 0.6 is 0 Å². The molecule has 0 N–H and O–H groups in total. The molecule has 0 aromatic heterocycles. The number of nitro benzene ring substituents is 1. The maximum Gasteiger partial charge on any atom is 0.277 e. The number of para-hydroxylation sites is 1. The van der Waals surface area contributed by atoms with E-state index in [1.807, 2.05) is 18.2 Å². The lowest BCUT2D eigenvalue weighted by molar-refractivity contribution is -0.384. The fourth-order valence-corrected chi connectivity index (χ4v) is 4.01. The van der Waals surface area contributed by atoms with Gasteiger partial charge in [-0.15, -0.1) is 0 Å². The van der Waals surface area contributed by atoms with Crippen LogP contribution in [-0.2, 0) is 6.42 Å². The first-order chi connectivity index (χ1) is 12.7. The van der Waals surface area contributed by atoms with E-state index in [4.69, 9.17) is 0 Å². The number of fused-ring (bicyclic) bond motifs is 5. The summed E-state index contributed by atoms with van der Waals surface area (Å²) in [5, 5.41) is 13.7. The number of rotatable bonds is 2. The summed E-state index contributed by atoms with van der Waals surface area (Å²) in [6.45, 7) is 0. The van der Waals surface area contributed by atoms with Gasteiger partial charge >= 0.3 is 0 Å². The average molecular weight is 337 g/mol. The Morgan fingerprint density at radius 1 is 0.769 bits per heavy atom. The van der Waals surface area contributed by atoms with Gasteiger partial charge in [0.1, 0.15) is 0 Å². The smallest absolute Gasteiger partial charge is 0.258 e. The van der Waals surface area contributed by atoms with Crippen molar-refractivity contribution in [2.24, 2.45) is 0 Å². The number of benzene rings is 4. The number of hydrogen-bond acceptors (Lipinski definition) is 2. The third-order valence-corrected chi connectivity index (χ3v) is 5.19. The Bertz CT molecular complexity index is 1190. The molecule has 3 nitrogen and oxygen atoms in total. The van der Waals surface area contributed by atoms with Crippen molar-refractivity contribution in [3.8, 4) is 22.3 Å². The first kappa shape index (κ1) is 14.8. The highest BCUT2D eigenvalue weighted by Gasteiger charge is 2.21. The lowest BCUT2D eigenvalue weighted by Crippen LogP contribution is -1.91. The Kier molecular flexibility index (Phi) is 3.16. The van der Waals surface area contributed by atoms with Crippen molar-refractivity contribution in [3.63, 3.8) is 0 Å². The van der Waals surface area contributed by atoms with Gasteiger partial charge in [-0.3, -0.25) is 10.1 Å². The second-order valence-corrected chi connectivity index (χ2v) is 6.64. The third-order valence-electron chi connectivity index (χ3n) is 5.19. The average Bonchev–Trinajstić information content (AvgIpc) is 3.06. The molecule has 0 atom stereocenters. The summed E-state index contributed by atoms with van der Waals surface area (Å²) >= 11 is 0. The van der Waals surface area contributed by atoms with Crippen LogP contribution in [-0.4, -0.2) is 4.92 Å². The molecule has 5 rings (SSSR count). The van der Waals surface area contributed by atoms with Crippen molar-refractivity contribution in [1.82, 2.24) is 0 Å². The van der Waals surface area contributed by atoms with Gasteiger partial charge in [-0.05, 0) is 57.1 Å². The summed E-state index contributed by atoms with van der Waals surface area (Å²) in [6.07, 6.45) is 0.966. The zero-order valence-electron chi connectivity index (χ0n) is 14.0. The van der Waals surface area contributed by atoms with Crippen molar-refractivity contribution in [2.45, 2.75) is 6.42 Å². The van der Waals surface area contributed by atoms with Crippen LogP contribution in [0.5, 0.6) is 0 Å². The first-order valence-electron chi connectivity index (χ1n) is 8.60. The topological polar surface area (TPSA) is 43.1 Å². The van der Waals surface area contributed by atoms with Crippen molar-refractivity contribution in [3.05, 3.63) is 100 Å². The van der Waals surface area contributed by atoms with Crippen LogP contribution in [0.15, 0.2) is 78.9 Å². The van der Waals surface area contributed by atoms with Crippen molar-refractivity contribution in [2.75, 3.05) is 0 Å². The molecule has 26 heavy (non-hydrogen) atoms. The van der Waals surface area contributed by atoms with Crippen LogP contribution in [0.3, 0.4) is 0 Å². The van der Waals surface area contributed by atoms with Gasteiger partial charge in [0.15, 0.2) is 0 Å². The van der Waals surface area contributed by atoms with Crippen molar-refractivity contribution < 1.29 is 4.92 Å². The highest BCUT2D eigenvalue weighted by atomic mass is 16.6. The molecule has 4 aromatic rings. The van der Waals surface area contributed by atoms with Gasteiger partial charge in [-0.2, -0.15) is 0 Å². The molecule has 0 amide bonds. The lowest BCUT2D eigenvalue weighted by Gasteiger charge is -2.09. The van der Waals surface area contributed by atoms with E-state index in [2.05, 4.69) is 48.5 Å². The highest BCUT2D eigenvalue weighted by molar-refractivity contribution is 6.02. The third kappa shape index (κ3) is 2.14. The second-order valence-electron chi connectivity index (χ2n) is 6.64. The highest BCUT2D eigenvalue weighted by Crippen LogP contribution is 2.42.